The zero-order valence-electron chi connectivity index (χ0n) is 11.4. The first kappa shape index (κ1) is 23.1. The van der Waals surface area contributed by atoms with Crippen LogP contribution in [0.3, 0.4) is 0 Å². The van der Waals surface area contributed by atoms with Gasteiger partial charge in [-0.15, -0.1) is 0 Å². The fourth-order valence-electron chi connectivity index (χ4n) is 0.895. The zero-order chi connectivity index (χ0) is 17.9. The average molecular weight is 449 g/mol. The Morgan fingerprint density at radius 1 is 0.739 bits per heavy atom. The highest BCUT2D eigenvalue weighted by atomic mass is 35.6. The van der Waals surface area contributed by atoms with Crippen LogP contribution < -0.4 is 0 Å². The molecule has 0 rings (SSSR count). The molecular weight excluding hydrogens is 437 g/mol. The van der Waals surface area contributed by atoms with E-state index in [2.05, 4.69) is 9.47 Å². The van der Waals surface area contributed by atoms with Crippen LogP contribution in [0, 0.1) is 0 Å². The summed E-state index contributed by atoms with van der Waals surface area (Å²) in [6, 6.07) is 0. The molecule has 0 bridgehead atoms. The van der Waals surface area contributed by atoms with E-state index in [4.69, 9.17) is 74.3 Å². The molecule has 0 spiro atoms. The van der Waals surface area contributed by atoms with Gasteiger partial charge in [-0.3, -0.25) is 0 Å². The highest BCUT2D eigenvalue weighted by molar-refractivity contribution is 6.68. The zero-order valence-corrected chi connectivity index (χ0v) is 16.0. The van der Waals surface area contributed by atoms with Crippen LogP contribution in [0.2, 0.25) is 0 Å². The molecule has 0 saturated carbocycles. The van der Waals surface area contributed by atoms with Crippen molar-refractivity contribution in [3.05, 3.63) is 24.3 Å². The van der Waals surface area contributed by atoms with Crippen molar-refractivity contribution in [2.45, 2.75) is 7.59 Å². The van der Waals surface area contributed by atoms with Crippen molar-refractivity contribution in [2.75, 3.05) is 26.4 Å². The number of hydrogen-bond donors (Lipinski definition) is 0. The van der Waals surface area contributed by atoms with Gasteiger partial charge in [0.2, 0.25) is 7.59 Å². The summed E-state index contributed by atoms with van der Waals surface area (Å²) in [6.45, 7) is -0.506. The maximum Gasteiger partial charge on any atom is 0.330 e. The molecule has 132 valence electrons. The van der Waals surface area contributed by atoms with Gasteiger partial charge in [-0.05, 0) is 0 Å². The van der Waals surface area contributed by atoms with E-state index in [1.807, 2.05) is 0 Å². The number of rotatable bonds is 8. The second-order valence-corrected chi connectivity index (χ2v) is 8.82. The van der Waals surface area contributed by atoms with Gasteiger partial charge in [0.1, 0.15) is 13.2 Å². The summed E-state index contributed by atoms with van der Waals surface area (Å²) in [5.74, 6) is -1.35. The van der Waals surface area contributed by atoms with Gasteiger partial charge in [-0.1, -0.05) is 81.8 Å². The Hall–Kier alpha value is 0.120. The predicted molar refractivity (Wildman–Crippen MR) is 91.6 cm³/mol. The molecule has 5 nitrogen and oxygen atoms in total. The van der Waals surface area contributed by atoms with Gasteiger partial charge >= 0.3 is 11.9 Å². The second kappa shape index (κ2) is 11.6. The highest BCUT2D eigenvalue weighted by Gasteiger charge is 2.22. The fraction of sp³-hybridized carbons (Fsp3) is 0.500. The minimum atomic E-state index is -1.66. The molecular formula is C12H12Cl6O5. The molecule has 0 aliphatic heterocycles. The predicted octanol–water partition coefficient (Wildman–Crippen LogP) is 3.94. The third-order valence-corrected chi connectivity index (χ3v) is 2.35. The molecule has 0 fully saturated rings. The van der Waals surface area contributed by atoms with Gasteiger partial charge in [0.15, 0.2) is 0 Å². The molecule has 0 amide bonds. The Kier molecular flexibility index (Phi) is 11.7. The van der Waals surface area contributed by atoms with E-state index >= 15 is 0 Å². The van der Waals surface area contributed by atoms with Crippen molar-refractivity contribution in [3.8, 4) is 0 Å². The van der Waals surface area contributed by atoms with E-state index in [0.29, 0.717) is 0 Å². The van der Waals surface area contributed by atoms with Crippen molar-refractivity contribution in [2.24, 2.45) is 0 Å². The molecule has 0 atom stereocenters. The van der Waals surface area contributed by atoms with Crippen molar-refractivity contribution in [1.82, 2.24) is 0 Å². The van der Waals surface area contributed by atoms with Gasteiger partial charge in [-0.25, -0.2) is 9.59 Å². The Morgan fingerprint density at radius 3 is 1.39 bits per heavy atom. The van der Waals surface area contributed by atoms with E-state index in [1.165, 1.54) is 12.2 Å². The van der Waals surface area contributed by atoms with Gasteiger partial charge in [0.05, 0.1) is 13.2 Å². The summed E-state index contributed by atoms with van der Waals surface area (Å²) in [7, 11) is 0. The molecule has 0 N–H and O–H groups in total. The lowest BCUT2D eigenvalue weighted by atomic mass is 10.5. The minimum Gasteiger partial charge on any atom is -0.458 e. The third-order valence-electron chi connectivity index (χ3n) is 1.69. The quantitative estimate of drug-likeness (QED) is 0.243. The number of carbonyl (C=O) groups is 2. The smallest absolute Gasteiger partial charge is 0.330 e. The van der Waals surface area contributed by atoms with E-state index in [1.54, 1.807) is 0 Å². The third kappa shape index (κ3) is 18.3. The summed E-state index contributed by atoms with van der Waals surface area (Å²) in [5, 5.41) is 0. The van der Waals surface area contributed by atoms with E-state index < -0.39 is 19.5 Å². The summed E-state index contributed by atoms with van der Waals surface area (Å²) in [4.78, 5) is 22.3. The molecule has 0 radical (unpaired) electrons. The Labute approximate surface area is 163 Å². The molecule has 0 aromatic heterocycles. The highest BCUT2D eigenvalue weighted by Crippen LogP contribution is 2.26. The van der Waals surface area contributed by atoms with Crippen LogP contribution in [0.1, 0.15) is 0 Å². The number of alkyl halides is 6. The largest absolute Gasteiger partial charge is 0.458 e. The molecule has 0 heterocycles. The number of carbonyl (C=O) groups excluding carboxylic acids is 2. The summed E-state index contributed by atoms with van der Waals surface area (Å²) in [6.07, 6.45) is 5.04. The monoisotopic (exact) mass is 446 g/mol. The topological polar surface area (TPSA) is 61.8 Å². The van der Waals surface area contributed by atoms with Crippen LogP contribution in [0.5, 0.6) is 0 Å². The lowest BCUT2D eigenvalue weighted by Crippen LogP contribution is -2.16. The molecule has 0 saturated heterocycles. The molecule has 23 heavy (non-hydrogen) atoms. The van der Waals surface area contributed by atoms with E-state index in [9.17, 15) is 9.59 Å². The van der Waals surface area contributed by atoms with Crippen LogP contribution in [0.4, 0.5) is 0 Å². The Balaban J connectivity index is 3.75. The van der Waals surface area contributed by atoms with Gasteiger partial charge < -0.3 is 14.2 Å². The van der Waals surface area contributed by atoms with Gasteiger partial charge in [0, 0.05) is 12.2 Å². The van der Waals surface area contributed by atoms with Crippen molar-refractivity contribution < 1.29 is 23.8 Å². The maximum absolute atomic E-state index is 11.2. The maximum atomic E-state index is 11.2. The number of hydrogen-bond acceptors (Lipinski definition) is 5. The van der Waals surface area contributed by atoms with Crippen molar-refractivity contribution >= 4 is 81.5 Å². The molecule has 0 unspecified atom stereocenters. The first-order chi connectivity index (χ1) is 10.5. The SMILES string of the molecule is O=C(C=CCOCC=CC(=O)OCC(Cl)(Cl)Cl)OCC(Cl)(Cl)Cl. The lowest BCUT2D eigenvalue weighted by molar-refractivity contribution is -0.138. The fourth-order valence-corrected chi connectivity index (χ4v) is 1.22. The number of halogens is 6. The standard InChI is InChI=1S/C12H12Cl6O5/c13-11(14,15)7-22-9(19)3-1-5-21-6-2-4-10(20)23-8-12(16,17)18/h1-4H,5-8H2. The summed E-state index contributed by atoms with van der Waals surface area (Å²) < 4.78 is 11.0. The number of esters is 2. The summed E-state index contributed by atoms with van der Waals surface area (Å²) in [5.41, 5.74) is 0. The molecule has 0 aromatic carbocycles. The van der Waals surface area contributed by atoms with Crippen LogP contribution in [-0.4, -0.2) is 46.0 Å². The molecule has 0 aliphatic carbocycles. The first-order valence-electron chi connectivity index (χ1n) is 5.87. The molecule has 11 heteroatoms. The number of ether oxygens (including phenoxy) is 3. The van der Waals surface area contributed by atoms with Crippen LogP contribution in [0.25, 0.3) is 0 Å². The Morgan fingerprint density at radius 2 is 1.09 bits per heavy atom. The molecule has 0 aromatic rings. The normalized spacial score (nSPS) is 12.8. The van der Waals surface area contributed by atoms with E-state index in [0.717, 1.165) is 12.2 Å². The van der Waals surface area contributed by atoms with Crippen LogP contribution in [0.15, 0.2) is 24.3 Å². The van der Waals surface area contributed by atoms with Crippen LogP contribution >= 0.6 is 69.6 Å². The van der Waals surface area contributed by atoms with Crippen molar-refractivity contribution in [1.29, 1.82) is 0 Å². The Bertz CT molecular complexity index is 398. The van der Waals surface area contributed by atoms with Gasteiger partial charge in [0.25, 0.3) is 0 Å². The van der Waals surface area contributed by atoms with Crippen molar-refractivity contribution in [3.63, 3.8) is 0 Å². The van der Waals surface area contributed by atoms with Gasteiger partial charge in [-0.2, -0.15) is 0 Å². The van der Waals surface area contributed by atoms with Crippen LogP contribution in [-0.2, 0) is 23.8 Å². The lowest BCUT2D eigenvalue weighted by Gasteiger charge is -2.09. The second-order valence-electron chi connectivity index (χ2n) is 3.79. The minimum absolute atomic E-state index is 0.108. The van der Waals surface area contributed by atoms with E-state index in [-0.39, 0.29) is 26.4 Å². The molecule has 0 aliphatic rings. The average Bonchev–Trinajstić information content (AvgIpc) is 2.40. The summed E-state index contributed by atoms with van der Waals surface area (Å²) >= 11 is 32.4. The first-order valence-corrected chi connectivity index (χ1v) is 8.14.